The van der Waals surface area contributed by atoms with Gasteiger partial charge in [-0.05, 0) is 24.1 Å². The average molecular weight is 317 g/mol. The average Bonchev–Trinajstić information content (AvgIpc) is 2.65. The Morgan fingerprint density at radius 1 is 0.833 bits per heavy atom. The van der Waals surface area contributed by atoms with Crippen molar-refractivity contribution in [1.29, 1.82) is 0 Å². The van der Waals surface area contributed by atoms with Crippen LogP contribution in [0.2, 0.25) is 0 Å². The Morgan fingerprint density at radius 2 is 1.42 bits per heavy atom. The van der Waals surface area contributed by atoms with Crippen LogP contribution in [-0.2, 0) is 0 Å². The Hall–Kier alpha value is -2.91. The van der Waals surface area contributed by atoms with Crippen LogP contribution in [0.5, 0.6) is 5.75 Å². The van der Waals surface area contributed by atoms with Crippen LogP contribution < -0.4 is 4.84 Å². The molecule has 0 spiro atoms. The summed E-state index contributed by atoms with van der Waals surface area (Å²) in [6, 6.07) is 26.7. The monoisotopic (exact) mass is 317 g/mol. The molecule has 1 unspecified atom stereocenters. The summed E-state index contributed by atoms with van der Waals surface area (Å²) >= 11 is 0. The SMILES string of the molecule is Cc1ccccc1O/N=C(\c1ccccc1)C(O)c1ccccc1. The molecule has 0 heterocycles. The van der Waals surface area contributed by atoms with Gasteiger partial charge in [-0.15, -0.1) is 0 Å². The molecule has 1 N–H and O–H groups in total. The molecule has 0 saturated heterocycles. The normalized spacial score (nSPS) is 12.7. The van der Waals surface area contributed by atoms with E-state index in [-0.39, 0.29) is 0 Å². The third-order valence-electron chi connectivity index (χ3n) is 3.78. The molecular formula is C21H19NO2. The summed E-state index contributed by atoms with van der Waals surface area (Å²) in [7, 11) is 0. The lowest BCUT2D eigenvalue weighted by atomic mass is 9.99. The first-order chi connectivity index (χ1) is 11.8. The van der Waals surface area contributed by atoms with E-state index in [9.17, 15) is 5.11 Å². The number of aliphatic hydroxyl groups excluding tert-OH is 1. The second kappa shape index (κ2) is 7.57. The fourth-order valence-corrected chi connectivity index (χ4v) is 2.42. The molecule has 0 aliphatic carbocycles. The molecule has 0 saturated carbocycles. The summed E-state index contributed by atoms with van der Waals surface area (Å²) in [5, 5.41) is 15.0. The number of hydrogen-bond donors (Lipinski definition) is 1. The quantitative estimate of drug-likeness (QED) is 0.555. The Morgan fingerprint density at radius 3 is 2.08 bits per heavy atom. The Bertz CT molecular complexity index is 814. The van der Waals surface area contributed by atoms with Gasteiger partial charge < -0.3 is 9.94 Å². The summed E-state index contributed by atoms with van der Waals surface area (Å²) in [5.74, 6) is 0.672. The van der Waals surface area contributed by atoms with Crippen molar-refractivity contribution in [2.45, 2.75) is 13.0 Å². The predicted octanol–water partition coefficient (Wildman–Crippen LogP) is 4.51. The molecule has 0 amide bonds. The summed E-state index contributed by atoms with van der Waals surface area (Å²) in [5.41, 5.74) is 3.06. The molecule has 3 heteroatoms. The van der Waals surface area contributed by atoms with Gasteiger partial charge in [-0.3, -0.25) is 0 Å². The third kappa shape index (κ3) is 3.70. The molecule has 3 aromatic rings. The van der Waals surface area contributed by atoms with Crippen molar-refractivity contribution in [1.82, 2.24) is 0 Å². The van der Waals surface area contributed by atoms with Crippen LogP contribution in [0.25, 0.3) is 0 Å². The van der Waals surface area contributed by atoms with E-state index in [1.54, 1.807) is 0 Å². The van der Waals surface area contributed by atoms with Gasteiger partial charge in [0.1, 0.15) is 11.8 Å². The fraction of sp³-hybridized carbons (Fsp3) is 0.0952. The minimum Gasteiger partial charge on any atom is -0.382 e. The van der Waals surface area contributed by atoms with Crippen LogP contribution in [0.1, 0.15) is 22.8 Å². The van der Waals surface area contributed by atoms with E-state index in [0.29, 0.717) is 11.5 Å². The number of benzene rings is 3. The van der Waals surface area contributed by atoms with E-state index in [1.165, 1.54) is 0 Å². The van der Waals surface area contributed by atoms with Crippen molar-refractivity contribution in [3.63, 3.8) is 0 Å². The number of para-hydroxylation sites is 1. The molecule has 3 nitrogen and oxygen atoms in total. The van der Waals surface area contributed by atoms with Gasteiger partial charge in [0.25, 0.3) is 0 Å². The summed E-state index contributed by atoms with van der Waals surface area (Å²) in [6.45, 7) is 1.96. The summed E-state index contributed by atoms with van der Waals surface area (Å²) < 4.78 is 0. The molecule has 120 valence electrons. The molecule has 0 fully saturated rings. The standard InChI is InChI=1S/C21H19NO2/c1-16-10-8-9-15-19(16)24-22-20(17-11-4-2-5-12-17)21(23)18-13-6-3-7-14-18/h2-15,21,23H,1H3/b22-20+. The second-order valence-electron chi connectivity index (χ2n) is 5.51. The van der Waals surface area contributed by atoms with Crippen molar-refractivity contribution < 1.29 is 9.94 Å². The molecule has 0 aromatic heterocycles. The first-order valence-corrected chi connectivity index (χ1v) is 7.84. The molecule has 24 heavy (non-hydrogen) atoms. The second-order valence-corrected chi connectivity index (χ2v) is 5.51. The van der Waals surface area contributed by atoms with Gasteiger partial charge in [-0.1, -0.05) is 84.0 Å². The third-order valence-corrected chi connectivity index (χ3v) is 3.78. The van der Waals surface area contributed by atoms with Gasteiger partial charge in [0, 0.05) is 5.56 Å². The molecule has 1 atom stereocenters. The lowest BCUT2D eigenvalue weighted by molar-refractivity contribution is 0.238. The van der Waals surface area contributed by atoms with Crippen molar-refractivity contribution in [2.75, 3.05) is 0 Å². The zero-order valence-corrected chi connectivity index (χ0v) is 13.5. The van der Waals surface area contributed by atoms with E-state index >= 15 is 0 Å². The highest BCUT2D eigenvalue weighted by atomic mass is 16.6. The van der Waals surface area contributed by atoms with E-state index in [1.807, 2.05) is 91.9 Å². The van der Waals surface area contributed by atoms with Gasteiger partial charge in [-0.25, -0.2) is 0 Å². The fourth-order valence-electron chi connectivity index (χ4n) is 2.42. The van der Waals surface area contributed by atoms with Crippen LogP contribution in [0.15, 0.2) is 90.1 Å². The Labute approximate surface area is 141 Å². The molecule has 0 bridgehead atoms. The van der Waals surface area contributed by atoms with Gasteiger partial charge in [-0.2, -0.15) is 0 Å². The summed E-state index contributed by atoms with van der Waals surface area (Å²) in [6.07, 6.45) is -0.863. The maximum atomic E-state index is 10.8. The smallest absolute Gasteiger partial charge is 0.160 e. The largest absolute Gasteiger partial charge is 0.382 e. The van der Waals surface area contributed by atoms with Crippen LogP contribution in [0, 0.1) is 6.92 Å². The van der Waals surface area contributed by atoms with Gasteiger partial charge in [0.15, 0.2) is 5.75 Å². The van der Waals surface area contributed by atoms with Crippen molar-refractivity contribution in [2.24, 2.45) is 5.16 Å². The highest BCUT2D eigenvalue weighted by molar-refractivity contribution is 6.03. The number of rotatable bonds is 5. The first-order valence-electron chi connectivity index (χ1n) is 7.84. The highest BCUT2D eigenvalue weighted by Gasteiger charge is 2.18. The predicted molar refractivity (Wildman–Crippen MR) is 96.2 cm³/mol. The van der Waals surface area contributed by atoms with Crippen molar-refractivity contribution >= 4 is 5.71 Å². The molecule has 0 aliphatic heterocycles. The molecule has 3 rings (SSSR count). The van der Waals surface area contributed by atoms with Gasteiger partial charge >= 0.3 is 0 Å². The Balaban J connectivity index is 1.96. The number of nitrogens with zero attached hydrogens (tertiary/aromatic N) is 1. The molecule has 0 radical (unpaired) electrons. The lowest BCUT2D eigenvalue weighted by Crippen LogP contribution is -2.15. The maximum absolute atomic E-state index is 10.8. The number of hydrogen-bond acceptors (Lipinski definition) is 3. The minimum atomic E-state index is -0.863. The zero-order chi connectivity index (χ0) is 16.8. The van der Waals surface area contributed by atoms with Crippen LogP contribution in [0.4, 0.5) is 0 Å². The van der Waals surface area contributed by atoms with Crippen LogP contribution in [0.3, 0.4) is 0 Å². The summed E-state index contributed by atoms with van der Waals surface area (Å²) in [4.78, 5) is 5.62. The molecule has 3 aromatic carbocycles. The van der Waals surface area contributed by atoms with E-state index in [0.717, 1.165) is 16.7 Å². The Kier molecular flexibility index (Phi) is 5.04. The van der Waals surface area contributed by atoms with E-state index < -0.39 is 6.10 Å². The maximum Gasteiger partial charge on any atom is 0.160 e. The van der Waals surface area contributed by atoms with Crippen LogP contribution in [-0.4, -0.2) is 10.8 Å². The van der Waals surface area contributed by atoms with Crippen LogP contribution >= 0.6 is 0 Å². The van der Waals surface area contributed by atoms with Gasteiger partial charge in [0.05, 0.1) is 0 Å². The van der Waals surface area contributed by atoms with Gasteiger partial charge in [0.2, 0.25) is 0 Å². The lowest BCUT2D eigenvalue weighted by Gasteiger charge is -2.14. The molecule has 0 aliphatic rings. The number of aliphatic hydroxyl groups is 1. The van der Waals surface area contributed by atoms with E-state index in [2.05, 4.69) is 5.16 Å². The van der Waals surface area contributed by atoms with Crippen molar-refractivity contribution in [3.05, 3.63) is 102 Å². The number of aryl methyl sites for hydroxylation is 1. The first kappa shape index (κ1) is 16.0. The zero-order valence-electron chi connectivity index (χ0n) is 13.5. The minimum absolute atomic E-state index is 0.477. The highest BCUT2D eigenvalue weighted by Crippen LogP contribution is 2.22. The number of oxime groups is 1. The topological polar surface area (TPSA) is 41.8 Å². The van der Waals surface area contributed by atoms with Crippen molar-refractivity contribution in [3.8, 4) is 5.75 Å². The van der Waals surface area contributed by atoms with E-state index in [4.69, 9.17) is 4.84 Å². The molecular weight excluding hydrogens is 298 g/mol.